The monoisotopic (exact) mass is 636 g/mol. The zero-order valence-electron chi connectivity index (χ0n) is 25.7. The summed E-state index contributed by atoms with van der Waals surface area (Å²) in [7, 11) is 0. The highest BCUT2D eigenvalue weighted by atomic mass is 35.5. The van der Waals surface area contributed by atoms with Gasteiger partial charge in [0.05, 0.1) is 5.71 Å². The zero-order valence-corrected chi connectivity index (χ0v) is 27.3. The first-order valence-corrected chi connectivity index (χ1v) is 16.5. The average Bonchev–Trinajstić information content (AvgIpc) is 3.50. The Bertz CT molecular complexity index is 1550. The molecule has 234 valence electrons. The van der Waals surface area contributed by atoms with Crippen molar-refractivity contribution in [3.8, 4) is 5.00 Å². The minimum absolute atomic E-state index is 0.227. The third-order valence-corrected chi connectivity index (χ3v) is 9.69. The summed E-state index contributed by atoms with van der Waals surface area (Å²) in [4.78, 5) is 36.2. The van der Waals surface area contributed by atoms with E-state index in [1.165, 1.54) is 11.0 Å². The molecule has 0 unspecified atom stereocenters. The predicted molar refractivity (Wildman–Crippen MR) is 177 cm³/mol. The van der Waals surface area contributed by atoms with E-state index < -0.39 is 0 Å². The number of halogens is 1. The first-order valence-electron chi connectivity index (χ1n) is 15.3. The molecule has 2 aliphatic rings. The molecule has 4 heterocycles. The third-order valence-electron chi connectivity index (χ3n) is 8.25. The summed E-state index contributed by atoms with van der Waals surface area (Å²) in [5, 5.41) is 13.4. The fourth-order valence-corrected chi connectivity index (χ4v) is 6.96. The Labute approximate surface area is 268 Å². The average molecular weight is 637 g/mol. The number of nitrogens with zero attached hydrogens (tertiary/aromatic N) is 6. The van der Waals surface area contributed by atoms with E-state index in [9.17, 15) is 9.59 Å². The van der Waals surface area contributed by atoms with Gasteiger partial charge in [-0.3, -0.25) is 19.1 Å². The minimum atomic E-state index is -0.227. The van der Waals surface area contributed by atoms with Crippen LogP contribution in [-0.4, -0.2) is 87.9 Å². The van der Waals surface area contributed by atoms with Crippen LogP contribution in [0.4, 0.5) is 0 Å². The Morgan fingerprint density at radius 3 is 2.50 bits per heavy atom. The van der Waals surface area contributed by atoms with Gasteiger partial charge in [-0.15, -0.1) is 21.5 Å². The summed E-state index contributed by atoms with van der Waals surface area (Å²) in [6.45, 7) is 11.4. The van der Waals surface area contributed by atoms with E-state index in [1.807, 2.05) is 40.7 Å². The van der Waals surface area contributed by atoms with Crippen molar-refractivity contribution in [3.63, 3.8) is 0 Å². The van der Waals surface area contributed by atoms with Gasteiger partial charge in [0.25, 0.3) is 0 Å². The van der Waals surface area contributed by atoms with Gasteiger partial charge in [-0.2, -0.15) is 0 Å². The van der Waals surface area contributed by atoms with E-state index in [0.717, 1.165) is 91.6 Å². The number of aromatic nitrogens is 3. The van der Waals surface area contributed by atoms with Gasteiger partial charge in [-0.1, -0.05) is 30.2 Å². The molecule has 0 bridgehead atoms. The molecule has 12 heteroatoms. The van der Waals surface area contributed by atoms with Crippen LogP contribution in [0.1, 0.15) is 65.3 Å². The number of rotatable bonds is 11. The number of carbonyl (C=O) groups is 2. The van der Waals surface area contributed by atoms with Gasteiger partial charge in [0.1, 0.15) is 16.5 Å². The van der Waals surface area contributed by atoms with Crippen molar-refractivity contribution in [3.05, 3.63) is 68.6 Å². The molecule has 0 radical (unpaired) electrons. The van der Waals surface area contributed by atoms with Crippen LogP contribution in [0, 0.1) is 20.8 Å². The number of carbonyl (C=O) groups excluding carboxylic acids is 2. The second-order valence-corrected chi connectivity index (χ2v) is 13.0. The third kappa shape index (κ3) is 7.28. The fraction of sp³-hybridized carbons (Fsp3) is 0.469. The summed E-state index contributed by atoms with van der Waals surface area (Å²) in [6, 6.07) is 7.60. The number of aryl methyl sites for hydroxylation is 2. The second-order valence-electron chi connectivity index (χ2n) is 11.3. The van der Waals surface area contributed by atoms with Crippen molar-refractivity contribution in [2.45, 2.75) is 52.9 Å². The standard InChI is InChI=1S/C32H41ClN8O2S/c1-21-22(2)44-32-29(21)30(24-9-11-25(33)12-10-24)36-26(31-38-37-23(3)41(31)32)20-27(42)35-14-7-15-39-16-18-40(19-17-39)28(43)8-5-4-6-13-34/h9-12,20H,4-8,13-19,34H2,1-3H3,(H,35,42)/b26-20-. The predicted octanol–water partition coefficient (Wildman–Crippen LogP) is 4.27. The molecule has 1 fully saturated rings. The van der Waals surface area contributed by atoms with E-state index in [4.69, 9.17) is 22.3 Å². The van der Waals surface area contributed by atoms with Crippen molar-refractivity contribution in [2.24, 2.45) is 10.7 Å². The number of aliphatic imine (C=N–C) groups is 1. The Morgan fingerprint density at radius 2 is 1.77 bits per heavy atom. The molecule has 10 nitrogen and oxygen atoms in total. The first-order chi connectivity index (χ1) is 21.3. The molecule has 0 spiro atoms. The van der Waals surface area contributed by atoms with Crippen LogP contribution in [0.25, 0.3) is 10.7 Å². The van der Waals surface area contributed by atoms with Gasteiger partial charge in [-0.25, -0.2) is 4.99 Å². The lowest BCUT2D eigenvalue weighted by molar-refractivity contribution is -0.133. The molecule has 0 atom stereocenters. The van der Waals surface area contributed by atoms with Crippen LogP contribution < -0.4 is 11.1 Å². The smallest absolute Gasteiger partial charge is 0.246 e. The number of nitrogens with two attached hydrogens (primary N) is 1. The van der Waals surface area contributed by atoms with Crippen molar-refractivity contribution in [2.75, 3.05) is 45.8 Å². The van der Waals surface area contributed by atoms with Gasteiger partial charge in [0, 0.05) is 66.2 Å². The number of nitrogens with one attached hydrogen (secondary N) is 1. The number of hydrogen-bond donors (Lipinski definition) is 2. The maximum atomic E-state index is 13.2. The topological polar surface area (TPSA) is 122 Å². The van der Waals surface area contributed by atoms with Gasteiger partial charge >= 0.3 is 0 Å². The summed E-state index contributed by atoms with van der Waals surface area (Å²) in [5.74, 6) is 1.29. The van der Waals surface area contributed by atoms with Crippen LogP contribution in [0.15, 0.2) is 35.3 Å². The normalized spacial score (nSPS) is 16.0. The van der Waals surface area contributed by atoms with Crippen LogP contribution >= 0.6 is 22.9 Å². The van der Waals surface area contributed by atoms with Crippen LogP contribution in [-0.2, 0) is 9.59 Å². The van der Waals surface area contributed by atoms with Gasteiger partial charge in [-0.05, 0) is 70.8 Å². The van der Waals surface area contributed by atoms with Crippen molar-refractivity contribution < 1.29 is 9.59 Å². The molecule has 3 N–H and O–H groups in total. The highest BCUT2D eigenvalue weighted by Crippen LogP contribution is 2.38. The number of thiophene rings is 1. The molecule has 2 aromatic heterocycles. The molecule has 0 aliphatic carbocycles. The Hall–Kier alpha value is -3.38. The number of amides is 2. The summed E-state index contributed by atoms with van der Waals surface area (Å²) in [5.41, 5.74) is 9.83. The van der Waals surface area contributed by atoms with Crippen molar-refractivity contribution in [1.29, 1.82) is 0 Å². The molecule has 2 aliphatic heterocycles. The highest BCUT2D eigenvalue weighted by molar-refractivity contribution is 7.15. The van der Waals surface area contributed by atoms with Gasteiger partial charge < -0.3 is 16.0 Å². The minimum Gasteiger partial charge on any atom is -0.352 e. The van der Waals surface area contributed by atoms with Crippen molar-refractivity contribution in [1.82, 2.24) is 29.9 Å². The fourth-order valence-electron chi connectivity index (χ4n) is 5.62. The lowest BCUT2D eigenvalue weighted by atomic mass is 10.00. The lowest BCUT2D eigenvalue weighted by Crippen LogP contribution is -2.49. The summed E-state index contributed by atoms with van der Waals surface area (Å²) >= 11 is 7.87. The Kier molecular flexibility index (Phi) is 10.6. The molecule has 1 aromatic carbocycles. The maximum Gasteiger partial charge on any atom is 0.246 e. The summed E-state index contributed by atoms with van der Waals surface area (Å²) < 4.78 is 2.00. The molecule has 3 aromatic rings. The van der Waals surface area contributed by atoms with Gasteiger partial charge in [0.15, 0.2) is 5.82 Å². The molecule has 2 amide bonds. The Balaban J connectivity index is 1.23. The van der Waals surface area contributed by atoms with E-state index in [1.54, 1.807) is 11.3 Å². The van der Waals surface area contributed by atoms with Crippen LogP contribution in [0.3, 0.4) is 0 Å². The number of piperazine rings is 1. The lowest BCUT2D eigenvalue weighted by Gasteiger charge is -2.34. The Morgan fingerprint density at radius 1 is 1.02 bits per heavy atom. The first kappa shape index (κ1) is 32.0. The quantitative estimate of drug-likeness (QED) is 0.240. The number of fused-ring (bicyclic) bond motifs is 3. The van der Waals surface area contributed by atoms with Crippen LogP contribution in [0.5, 0.6) is 0 Å². The van der Waals surface area contributed by atoms with Gasteiger partial charge in [0.2, 0.25) is 11.8 Å². The van der Waals surface area contributed by atoms with E-state index in [0.29, 0.717) is 36.1 Å². The molecule has 44 heavy (non-hydrogen) atoms. The van der Waals surface area contributed by atoms with E-state index in [2.05, 4.69) is 34.3 Å². The number of benzene rings is 1. The molecule has 5 rings (SSSR count). The van der Waals surface area contributed by atoms with Crippen molar-refractivity contribution >= 4 is 46.2 Å². The molecular formula is C32H41ClN8O2S. The highest BCUT2D eigenvalue weighted by Gasteiger charge is 2.29. The second kappa shape index (κ2) is 14.6. The van der Waals surface area contributed by atoms with Crippen LogP contribution in [0.2, 0.25) is 5.02 Å². The molecule has 1 saturated heterocycles. The summed E-state index contributed by atoms with van der Waals surface area (Å²) in [6.07, 6.45) is 5.83. The molecular weight excluding hydrogens is 596 g/mol. The van der Waals surface area contributed by atoms with E-state index >= 15 is 0 Å². The molecule has 0 saturated carbocycles. The maximum absolute atomic E-state index is 13.2. The SMILES string of the molecule is Cc1sc2c(c1C)C(c1ccc(Cl)cc1)=N/C(=C\C(=O)NCCCN1CCN(C(=O)CCCCCN)CC1)c1nnc(C)n1-2. The number of hydrogen-bond acceptors (Lipinski definition) is 8. The number of unbranched alkanes of at least 4 members (excludes halogenated alkanes) is 2. The van der Waals surface area contributed by atoms with E-state index in [-0.39, 0.29) is 11.8 Å². The largest absolute Gasteiger partial charge is 0.352 e. The zero-order chi connectivity index (χ0) is 31.2.